The summed E-state index contributed by atoms with van der Waals surface area (Å²) >= 11 is 0.760. The summed E-state index contributed by atoms with van der Waals surface area (Å²) in [5, 5.41) is 9.76. The number of rotatable bonds is 2. The summed E-state index contributed by atoms with van der Waals surface area (Å²) in [7, 11) is 0. The smallest absolute Gasteiger partial charge is 0.340 e. The Morgan fingerprint density at radius 3 is 2.32 bits per heavy atom. The number of halogens is 3. The highest BCUT2D eigenvalue weighted by Crippen LogP contribution is 2.33. The summed E-state index contributed by atoms with van der Waals surface area (Å²) < 4.78 is 29.3. The van der Waals surface area contributed by atoms with Gasteiger partial charge in [-0.1, -0.05) is 0 Å². The highest BCUT2D eigenvalue weighted by Gasteiger charge is 2.21. The van der Waals surface area contributed by atoms with Crippen LogP contribution in [0.3, 0.4) is 0 Å². The zero-order valence-corrected chi connectivity index (χ0v) is 14.7. The van der Waals surface area contributed by atoms with Crippen LogP contribution in [-0.2, 0) is 0 Å². The van der Waals surface area contributed by atoms with E-state index in [1.807, 2.05) is 0 Å². The van der Waals surface area contributed by atoms with Gasteiger partial charge in [0.2, 0.25) is 5.43 Å². The minimum atomic E-state index is -1.43. The number of carboxylic acid groups (broad SMARTS) is 1. The minimum absolute atomic E-state index is 0. The number of aromatic nitrogens is 1. The van der Waals surface area contributed by atoms with Gasteiger partial charge in [0.15, 0.2) is 5.82 Å². The molecule has 25 heavy (non-hydrogen) atoms. The number of carboxylic acids is 1. The third-order valence-electron chi connectivity index (χ3n) is 3.56. The molecule has 0 fully saturated rings. The van der Waals surface area contributed by atoms with Crippen molar-refractivity contribution in [2.24, 2.45) is 0 Å². The molecule has 0 aliphatic carbocycles. The van der Waals surface area contributed by atoms with Crippen molar-refractivity contribution in [3.63, 3.8) is 0 Å². The first kappa shape index (κ1) is 19.0. The van der Waals surface area contributed by atoms with E-state index in [1.165, 1.54) is 0 Å². The maximum Gasteiger partial charge on any atom is 0.340 e. The van der Waals surface area contributed by atoms with Crippen LogP contribution in [0.15, 0.2) is 28.4 Å². The molecule has 0 atom stereocenters. The third kappa shape index (κ3) is 3.25. The maximum atomic E-state index is 14.9. The summed E-state index contributed by atoms with van der Waals surface area (Å²) in [5.74, 6) is -3.23. The molecule has 3 rings (SSSR count). The van der Waals surface area contributed by atoms with Crippen LogP contribution < -0.4 is 5.43 Å². The first-order valence-corrected chi connectivity index (χ1v) is 7.80. The highest BCUT2D eigenvalue weighted by molar-refractivity contribution is 7.16. The lowest BCUT2D eigenvalue weighted by Gasteiger charge is -2.10. The second kappa shape index (κ2) is 6.85. The van der Waals surface area contributed by atoms with Gasteiger partial charge in [-0.15, -0.1) is 23.7 Å². The summed E-state index contributed by atoms with van der Waals surface area (Å²) in [6.07, 6.45) is 0. The molecule has 130 valence electrons. The van der Waals surface area contributed by atoms with E-state index in [4.69, 9.17) is 5.11 Å². The predicted molar refractivity (Wildman–Crippen MR) is 94.9 cm³/mol. The molecule has 4 nitrogen and oxygen atoms in total. The van der Waals surface area contributed by atoms with Crippen molar-refractivity contribution in [2.75, 3.05) is 0 Å². The van der Waals surface area contributed by atoms with Crippen LogP contribution in [0.4, 0.5) is 8.78 Å². The summed E-state index contributed by atoms with van der Waals surface area (Å²) in [6, 6.07) is 3.99. The van der Waals surface area contributed by atoms with Gasteiger partial charge in [-0.25, -0.2) is 13.6 Å². The van der Waals surface area contributed by atoms with Crippen molar-refractivity contribution in [2.45, 2.75) is 13.8 Å². The van der Waals surface area contributed by atoms with Gasteiger partial charge in [-0.3, -0.25) is 9.78 Å². The Labute approximate surface area is 151 Å². The largest absolute Gasteiger partial charge is 0.478 e. The first-order chi connectivity index (χ1) is 11.3. The molecule has 0 aliphatic heterocycles. The zero-order chi connectivity index (χ0) is 17.6. The monoisotopic (exact) mass is 383 g/mol. The van der Waals surface area contributed by atoms with Crippen molar-refractivity contribution in [3.8, 4) is 11.1 Å². The Morgan fingerprint density at radius 2 is 1.76 bits per heavy atom. The molecule has 0 unspecified atom stereocenters. The van der Waals surface area contributed by atoms with Crippen LogP contribution in [-0.4, -0.2) is 16.1 Å². The molecule has 0 aliphatic rings. The Balaban J connectivity index is 0.00000225. The molecule has 1 N–H and O–H groups in total. The lowest BCUT2D eigenvalue weighted by molar-refractivity contribution is 0.0696. The number of carbonyl (C=O) groups is 1. The molecule has 0 spiro atoms. The fraction of sp³-hybridized carbons (Fsp3) is 0.118. The van der Waals surface area contributed by atoms with Crippen molar-refractivity contribution in [1.82, 2.24) is 4.98 Å². The van der Waals surface area contributed by atoms with E-state index in [2.05, 4.69) is 4.98 Å². The number of benzene rings is 1. The standard InChI is InChI=1S/C17H11F2NO3S.ClH/c1-7-3-9(4-8(2)20-7)13-12(18)5-10-15(21)11(17(22)23)6-24-16(10)14(13)19;/h3-6H,1-2H3,(H,22,23);1H. The van der Waals surface area contributed by atoms with Crippen LogP contribution in [0.25, 0.3) is 21.2 Å². The van der Waals surface area contributed by atoms with Gasteiger partial charge in [0.25, 0.3) is 0 Å². The average molecular weight is 384 g/mol. The number of aromatic carboxylic acids is 1. The van der Waals surface area contributed by atoms with Gasteiger partial charge in [-0.2, -0.15) is 0 Å². The first-order valence-electron chi connectivity index (χ1n) is 6.92. The van der Waals surface area contributed by atoms with Gasteiger partial charge in [0.1, 0.15) is 11.4 Å². The predicted octanol–water partition coefficient (Wildman–Crippen LogP) is 4.34. The molecule has 3 aromatic rings. The lowest BCUT2D eigenvalue weighted by atomic mass is 10.0. The zero-order valence-electron chi connectivity index (χ0n) is 13.1. The Morgan fingerprint density at radius 1 is 1.16 bits per heavy atom. The van der Waals surface area contributed by atoms with Crippen molar-refractivity contribution in [3.05, 3.63) is 62.4 Å². The molecule has 1 aromatic carbocycles. The van der Waals surface area contributed by atoms with Crippen LogP contribution in [0.5, 0.6) is 0 Å². The number of fused-ring (bicyclic) bond motifs is 1. The topological polar surface area (TPSA) is 67.3 Å². The van der Waals surface area contributed by atoms with E-state index in [0.29, 0.717) is 17.0 Å². The Kier molecular flexibility index (Phi) is 5.20. The highest BCUT2D eigenvalue weighted by atomic mass is 35.5. The lowest BCUT2D eigenvalue weighted by Crippen LogP contribution is -2.14. The molecule has 0 bridgehead atoms. The van der Waals surface area contributed by atoms with Crippen molar-refractivity contribution < 1.29 is 18.7 Å². The average Bonchev–Trinajstić information content (AvgIpc) is 2.47. The van der Waals surface area contributed by atoms with Gasteiger partial charge in [0, 0.05) is 22.2 Å². The van der Waals surface area contributed by atoms with Gasteiger partial charge in [0.05, 0.1) is 10.3 Å². The van der Waals surface area contributed by atoms with E-state index >= 15 is 0 Å². The fourth-order valence-corrected chi connectivity index (χ4v) is 3.52. The molecule has 2 aromatic heterocycles. The fourth-order valence-electron chi connectivity index (χ4n) is 2.59. The second-order valence-corrected chi connectivity index (χ2v) is 6.23. The molecule has 2 heterocycles. The number of pyridine rings is 1. The quantitative estimate of drug-likeness (QED) is 0.714. The molecule has 0 saturated carbocycles. The van der Waals surface area contributed by atoms with E-state index < -0.39 is 28.6 Å². The van der Waals surface area contributed by atoms with Gasteiger partial charge < -0.3 is 5.11 Å². The van der Waals surface area contributed by atoms with Crippen LogP contribution in [0.2, 0.25) is 0 Å². The van der Waals surface area contributed by atoms with Crippen LogP contribution in [0, 0.1) is 25.5 Å². The number of nitrogens with zero attached hydrogens (tertiary/aromatic N) is 1. The maximum absolute atomic E-state index is 14.9. The van der Waals surface area contributed by atoms with E-state index in [1.54, 1.807) is 26.0 Å². The Hall–Kier alpha value is -2.38. The molecule has 8 heteroatoms. The number of aryl methyl sites for hydroxylation is 2. The number of hydrogen-bond acceptors (Lipinski definition) is 4. The molecular formula is C17H12ClF2NO3S. The van der Waals surface area contributed by atoms with E-state index in [-0.39, 0.29) is 28.1 Å². The summed E-state index contributed by atoms with van der Waals surface area (Å²) in [6.45, 7) is 3.43. The minimum Gasteiger partial charge on any atom is -0.478 e. The normalized spacial score (nSPS) is 10.6. The molecule has 0 radical (unpaired) electrons. The number of hydrogen-bond donors (Lipinski definition) is 1. The Bertz CT molecular complexity index is 1050. The molecule has 0 saturated heterocycles. The molecule has 0 amide bonds. The third-order valence-corrected chi connectivity index (χ3v) is 4.55. The van der Waals surface area contributed by atoms with Gasteiger partial charge >= 0.3 is 5.97 Å². The van der Waals surface area contributed by atoms with Crippen molar-refractivity contribution in [1.29, 1.82) is 0 Å². The second-order valence-electron chi connectivity index (χ2n) is 5.35. The SMILES string of the molecule is Cc1cc(-c2c(F)cc3c(=O)c(C(=O)O)csc3c2F)cc(C)n1.Cl. The van der Waals surface area contributed by atoms with Crippen molar-refractivity contribution >= 4 is 39.8 Å². The van der Waals surface area contributed by atoms with E-state index in [9.17, 15) is 18.4 Å². The molecular weight excluding hydrogens is 372 g/mol. The van der Waals surface area contributed by atoms with Crippen LogP contribution >= 0.6 is 23.7 Å². The van der Waals surface area contributed by atoms with Gasteiger partial charge in [-0.05, 0) is 37.6 Å². The summed E-state index contributed by atoms with van der Waals surface area (Å²) in [5.41, 5.74) is -0.123. The van der Waals surface area contributed by atoms with E-state index in [0.717, 1.165) is 22.8 Å². The van der Waals surface area contributed by atoms with Crippen LogP contribution in [0.1, 0.15) is 21.7 Å². The summed E-state index contributed by atoms with van der Waals surface area (Å²) in [4.78, 5) is 27.3.